The van der Waals surface area contributed by atoms with E-state index in [4.69, 9.17) is 9.47 Å². The number of carbonyl (C=O) groups is 1. The van der Waals surface area contributed by atoms with Gasteiger partial charge in [0.15, 0.2) is 18.1 Å². The highest BCUT2D eigenvalue weighted by molar-refractivity contribution is 7.89. The number of hydrogen-bond donors (Lipinski definition) is 1. The second kappa shape index (κ2) is 9.49. The molecule has 8 heteroatoms. The van der Waals surface area contributed by atoms with Gasteiger partial charge in [-0.15, -0.1) is 0 Å². The second-order valence-electron chi connectivity index (χ2n) is 7.44. The van der Waals surface area contributed by atoms with Gasteiger partial charge in [-0.1, -0.05) is 18.6 Å². The zero-order valence-corrected chi connectivity index (χ0v) is 18.4. The molecule has 1 saturated heterocycles. The Hall–Kier alpha value is -2.58. The lowest BCUT2D eigenvalue weighted by atomic mass is 10.2. The van der Waals surface area contributed by atoms with Crippen molar-refractivity contribution in [2.75, 3.05) is 32.1 Å². The van der Waals surface area contributed by atoms with Crippen LogP contribution < -0.4 is 14.8 Å². The molecule has 1 N–H and O–H groups in total. The SMILES string of the molecule is COc1cc(C)ccc1OCC(=O)Nc1ccc(C)c(S(=O)(=O)N2CCCCC2)c1. The van der Waals surface area contributed by atoms with Crippen molar-refractivity contribution in [2.24, 2.45) is 0 Å². The summed E-state index contributed by atoms with van der Waals surface area (Å²) in [4.78, 5) is 12.6. The molecule has 1 heterocycles. The molecular weight excluding hydrogens is 404 g/mol. The summed E-state index contributed by atoms with van der Waals surface area (Å²) in [5.74, 6) is 0.631. The lowest BCUT2D eigenvalue weighted by Crippen LogP contribution is -2.36. The van der Waals surface area contributed by atoms with Crippen LogP contribution in [-0.2, 0) is 14.8 Å². The average molecular weight is 433 g/mol. The summed E-state index contributed by atoms with van der Waals surface area (Å²) in [6, 6.07) is 10.4. The summed E-state index contributed by atoms with van der Waals surface area (Å²) in [5.41, 5.74) is 2.09. The topological polar surface area (TPSA) is 84.9 Å². The number of amides is 1. The first-order valence-electron chi connectivity index (χ1n) is 9.99. The van der Waals surface area contributed by atoms with Gasteiger partial charge in [0.2, 0.25) is 10.0 Å². The zero-order chi connectivity index (χ0) is 21.7. The van der Waals surface area contributed by atoms with Crippen LogP contribution in [0.3, 0.4) is 0 Å². The molecular formula is C22H28N2O5S. The van der Waals surface area contributed by atoms with E-state index in [2.05, 4.69) is 5.32 Å². The predicted molar refractivity (Wildman–Crippen MR) is 116 cm³/mol. The molecule has 162 valence electrons. The number of nitrogens with zero attached hydrogens (tertiary/aromatic N) is 1. The van der Waals surface area contributed by atoms with E-state index in [1.54, 1.807) is 25.1 Å². The fourth-order valence-electron chi connectivity index (χ4n) is 3.43. The average Bonchev–Trinajstić information content (AvgIpc) is 2.74. The molecule has 1 fully saturated rings. The third kappa shape index (κ3) is 5.12. The number of aryl methyl sites for hydroxylation is 2. The number of carbonyl (C=O) groups excluding carboxylic acids is 1. The molecule has 0 saturated carbocycles. The highest BCUT2D eigenvalue weighted by Gasteiger charge is 2.27. The Morgan fingerprint density at radius 2 is 1.77 bits per heavy atom. The van der Waals surface area contributed by atoms with E-state index in [9.17, 15) is 13.2 Å². The number of rotatable bonds is 7. The fraction of sp³-hybridized carbons (Fsp3) is 0.409. The Morgan fingerprint density at radius 1 is 1.03 bits per heavy atom. The molecule has 1 aliphatic rings. The van der Waals surface area contributed by atoms with Crippen molar-refractivity contribution in [1.82, 2.24) is 4.31 Å². The van der Waals surface area contributed by atoms with E-state index in [0.717, 1.165) is 24.8 Å². The minimum atomic E-state index is -3.59. The van der Waals surface area contributed by atoms with Gasteiger partial charge < -0.3 is 14.8 Å². The first kappa shape index (κ1) is 22.1. The van der Waals surface area contributed by atoms with Gasteiger partial charge in [0, 0.05) is 18.8 Å². The monoisotopic (exact) mass is 432 g/mol. The highest BCUT2D eigenvalue weighted by atomic mass is 32.2. The molecule has 0 radical (unpaired) electrons. The minimum Gasteiger partial charge on any atom is -0.493 e. The summed E-state index contributed by atoms with van der Waals surface area (Å²) in [7, 11) is -2.05. The molecule has 1 aliphatic heterocycles. The molecule has 3 rings (SSSR count). The molecule has 0 aliphatic carbocycles. The lowest BCUT2D eigenvalue weighted by molar-refractivity contribution is -0.118. The van der Waals surface area contributed by atoms with Crippen molar-refractivity contribution in [1.29, 1.82) is 0 Å². The highest BCUT2D eigenvalue weighted by Crippen LogP contribution is 2.28. The van der Waals surface area contributed by atoms with Gasteiger partial charge >= 0.3 is 0 Å². The van der Waals surface area contributed by atoms with Crippen LogP contribution in [0.2, 0.25) is 0 Å². The molecule has 0 aromatic heterocycles. The minimum absolute atomic E-state index is 0.221. The maximum Gasteiger partial charge on any atom is 0.262 e. The van der Waals surface area contributed by atoms with Crippen LogP contribution in [0.15, 0.2) is 41.3 Å². The van der Waals surface area contributed by atoms with E-state index in [-0.39, 0.29) is 17.4 Å². The smallest absolute Gasteiger partial charge is 0.262 e. The summed E-state index contributed by atoms with van der Waals surface area (Å²) in [6.45, 7) is 4.54. The molecule has 0 spiro atoms. The summed E-state index contributed by atoms with van der Waals surface area (Å²) in [6.07, 6.45) is 2.79. The molecule has 2 aromatic rings. The van der Waals surface area contributed by atoms with Crippen LogP contribution >= 0.6 is 0 Å². The number of methoxy groups -OCH3 is 1. The number of ether oxygens (including phenoxy) is 2. The normalized spacial score (nSPS) is 14.9. The van der Waals surface area contributed by atoms with Crippen molar-refractivity contribution >= 4 is 21.6 Å². The van der Waals surface area contributed by atoms with Gasteiger partial charge in [0.1, 0.15) is 0 Å². The van der Waals surface area contributed by atoms with Crippen LogP contribution in [0, 0.1) is 13.8 Å². The standard InChI is InChI=1S/C22H28N2O5S/c1-16-7-10-19(20(13-16)28-3)29-15-22(25)23-18-9-8-17(2)21(14-18)30(26,27)24-11-5-4-6-12-24/h7-10,13-14H,4-6,11-12,15H2,1-3H3,(H,23,25). The lowest BCUT2D eigenvalue weighted by Gasteiger charge is -2.26. The molecule has 1 amide bonds. The van der Waals surface area contributed by atoms with Crippen molar-refractivity contribution in [3.63, 3.8) is 0 Å². The predicted octanol–water partition coefficient (Wildman–Crippen LogP) is 3.50. The van der Waals surface area contributed by atoms with Gasteiger partial charge in [-0.3, -0.25) is 4.79 Å². The number of piperidine rings is 1. The fourth-order valence-corrected chi connectivity index (χ4v) is 5.20. The first-order chi connectivity index (χ1) is 14.3. The Labute approximate surface area is 178 Å². The number of nitrogens with one attached hydrogen (secondary N) is 1. The largest absolute Gasteiger partial charge is 0.493 e. The van der Waals surface area contributed by atoms with Gasteiger partial charge in [0.05, 0.1) is 12.0 Å². The maximum atomic E-state index is 13.0. The first-order valence-corrected chi connectivity index (χ1v) is 11.4. The Morgan fingerprint density at radius 3 is 2.47 bits per heavy atom. The van der Waals surface area contributed by atoms with E-state index < -0.39 is 10.0 Å². The molecule has 0 unspecified atom stereocenters. The van der Waals surface area contributed by atoms with Crippen molar-refractivity contribution < 1.29 is 22.7 Å². The van der Waals surface area contributed by atoms with Crippen LogP contribution in [0.25, 0.3) is 0 Å². The number of sulfonamides is 1. The van der Waals surface area contributed by atoms with Gasteiger partial charge in [-0.2, -0.15) is 4.31 Å². The summed E-state index contributed by atoms with van der Waals surface area (Å²) < 4.78 is 38.4. The van der Waals surface area contributed by atoms with Crippen molar-refractivity contribution in [3.05, 3.63) is 47.5 Å². The van der Waals surface area contributed by atoms with Crippen LogP contribution in [0.4, 0.5) is 5.69 Å². The summed E-state index contributed by atoms with van der Waals surface area (Å²) >= 11 is 0. The van der Waals surface area contributed by atoms with Crippen LogP contribution in [0.1, 0.15) is 30.4 Å². The quantitative estimate of drug-likeness (QED) is 0.724. The van der Waals surface area contributed by atoms with E-state index in [1.807, 2.05) is 19.1 Å². The van der Waals surface area contributed by atoms with Gasteiger partial charge in [-0.05, 0) is 62.1 Å². The van der Waals surface area contributed by atoms with E-state index in [0.29, 0.717) is 35.8 Å². The zero-order valence-electron chi connectivity index (χ0n) is 17.6. The van der Waals surface area contributed by atoms with Gasteiger partial charge in [0.25, 0.3) is 5.91 Å². The summed E-state index contributed by atoms with van der Waals surface area (Å²) in [5, 5.41) is 2.72. The maximum absolute atomic E-state index is 13.0. The second-order valence-corrected chi connectivity index (χ2v) is 9.34. The van der Waals surface area contributed by atoms with Crippen molar-refractivity contribution in [3.8, 4) is 11.5 Å². The molecule has 30 heavy (non-hydrogen) atoms. The van der Waals surface area contributed by atoms with E-state index in [1.165, 1.54) is 17.5 Å². The molecule has 2 aromatic carbocycles. The molecule has 7 nitrogen and oxygen atoms in total. The molecule has 0 atom stereocenters. The third-order valence-corrected chi connectivity index (χ3v) is 7.12. The Kier molecular flexibility index (Phi) is 6.99. The molecule has 0 bridgehead atoms. The Balaban J connectivity index is 1.70. The van der Waals surface area contributed by atoms with E-state index >= 15 is 0 Å². The van der Waals surface area contributed by atoms with Crippen molar-refractivity contribution in [2.45, 2.75) is 38.0 Å². The number of hydrogen-bond acceptors (Lipinski definition) is 5. The number of benzene rings is 2. The Bertz CT molecular complexity index is 1010. The van der Waals surface area contributed by atoms with Crippen LogP contribution in [-0.4, -0.2) is 45.4 Å². The van der Waals surface area contributed by atoms with Gasteiger partial charge in [-0.25, -0.2) is 8.42 Å². The van der Waals surface area contributed by atoms with Crippen LogP contribution in [0.5, 0.6) is 11.5 Å². The number of anilines is 1. The third-order valence-electron chi connectivity index (χ3n) is 5.08.